The minimum absolute atomic E-state index is 0.0512. The highest BCUT2D eigenvalue weighted by molar-refractivity contribution is 6.53. The standard InChI is InChI=1S/C26H28Cl2N2O6/c1-24(2,3)30-20(32)15-9-8-13-16(18(15)21(30)33)11-25(27)22(34)29(4)23(35)26(25,28)19(13)14-7-6-12(31)10-17(14)36-5/h6-8,10,15-16,18-19,31H,9,11H2,1-5H3. The van der Waals surface area contributed by atoms with Gasteiger partial charge in [-0.15, -0.1) is 23.2 Å². The van der Waals surface area contributed by atoms with Crippen LogP contribution in [0.5, 0.6) is 11.5 Å². The Morgan fingerprint density at radius 3 is 2.33 bits per heavy atom. The number of methoxy groups -OCH3 is 1. The first-order chi connectivity index (χ1) is 16.7. The first-order valence-electron chi connectivity index (χ1n) is 11.8. The van der Waals surface area contributed by atoms with Crippen LogP contribution in [0.1, 0.15) is 45.1 Å². The second-order valence-electron chi connectivity index (χ2n) is 11.1. The summed E-state index contributed by atoms with van der Waals surface area (Å²) in [6.45, 7) is 5.42. The molecule has 192 valence electrons. The average molecular weight is 535 g/mol. The van der Waals surface area contributed by atoms with E-state index in [1.807, 2.05) is 6.08 Å². The third-order valence-corrected chi connectivity index (χ3v) is 9.63. The number of ether oxygens (including phenoxy) is 1. The summed E-state index contributed by atoms with van der Waals surface area (Å²) >= 11 is 14.3. The molecule has 10 heteroatoms. The number of aromatic hydroxyl groups is 1. The van der Waals surface area contributed by atoms with Gasteiger partial charge in [-0.1, -0.05) is 17.7 Å². The van der Waals surface area contributed by atoms with Crippen LogP contribution >= 0.6 is 23.2 Å². The molecule has 0 spiro atoms. The summed E-state index contributed by atoms with van der Waals surface area (Å²) < 4.78 is 5.53. The molecule has 2 aliphatic carbocycles. The molecule has 6 unspecified atom stereocenters. The Morgan fingerprint density at radius 2 is 1.72 bits per heavy atom. The smallest absolute Gasteiger partial charge is 0.253 e. The van der Waals surface area contributed by atoms with Gasteiger partial charge in [-0.25, -0.2) is 0 Å². The Bertz CT molecular complexity index is 1260. The van der Waals surface area contributed by atoms with Crippen molar-refractivity contribution in [2.75, 3.05) is 14.2 Å². The SMILES string of the molecule is COc1cc(O)ccc1C1C2=CCC3C(=O)N(C(C)(C)C)C(=O)C3C2CC2(Cl)C(=O)N(C)C(=O)C12Cl. The highest BCUT2D eigenvalue weighted by Crippen LogP contribution is 2.66. The van der Waals surface area contributed by atoms with Crippen molar-refractivity contribution < 1.29 is 29.0 Å². The van der Waals surface area contributed by atoms with Crippen molar-refractivity contribution in [1.29, 1.82) is 0 Å². The molecule has 0 aromatic heterocycles. The van der Waals surface area contributed by atoms with Crippen LogP contribution in [-0.4, -0.2) is 68.0 Å². The normalized spacial score (nSPS) is 36.0. The molecule has 36 heavy (non-hydrogen) atoms. The molecule has 6 atom stereocenters. The molecule has 3 fully saturated rings. The van der Waals surface area contributed by atoms with Crippen LogP contribution in [0.25, 0.3) is 0 Å². The number of imide groups is 2. The zero-order valence-electron chi connectivity index (χ0n) is 20.7. The second-order valence-corrected chi connectivity index (χ2v) is 12.3. The summed E-state index contributed by atoms with van der Waals surface area (Å²) in [7, 11) is 2.77. The number of rotatable bonds is 2. The highest BCUT2D eigenvalue weighted by Gasteiger charge is 2.76. The Morgan fingerprint density at radius 1 is 1.06 bits per heavy atom. The van der Waals surface area contributed by atoms with Gasteiger partial charge < -0.3 is 9.84 Å². The van der Waals surface area contributed by atoms with E-state index >= 15 is 0 Å². The van der Waals surface area contributed by atoms with Crippen LogP contribution in [0.2, 0.25) is 0 Å². The number of hydrogen-bond donors (Lipinski definition) is 1. The van der Waals surface area contributed by atoms with Crippen molar-refractivity contribution in [3.8, 4) is 11.5 Å². The zero-order chi connectivity index (χ0) is 26.5. The van der Waals surface area contributed by atoms with Gasteiger partial charge in [0.05, 0.1) is 18.9 Å². The maximum Gasteiger partial charge on any atom is 0.253 e. The molecular formula is C26H28Cl2N2O6. The number of hydrogen-bond acceptors (Lipinski definition) is 6. The topological polar surface area (TPSA) is 104 Å². The van der Waals surface area contributed by atoms with Crippen molar-refractivity contribution in [3.63, 3.8) is 0 Å². The second kappa shape index (κ2) is 7.71. The molecule has 4 aliphatic rings. The summed E-state index contributed by atoms with van der Waals surface area (Å²) in [5.74, 6) is -4.46. The molecule has 1 aromatic carbocycles. The van der Waals surface area contributed by atoms with E-state index in [1.54, 1.807) is 26.8 Å². The number of amides is 4. The molecule has 2 aliphatic heterocycles. The Hall–Kier alpha value is -2.58. The van der Waals surface area contributed by atoms with Crippen molar-refractivity contribution in [2.45, 2.75) is 54.8 Å². The van der Waals surface area contributed by atoms with Gasteiger partial charge in [-0.3, -0.25) is 29.0 Å². The third kappa shape index (κ3) is 2.94. The number of nitrogens with zero attached hydrogens (tertiary/aromatic N) is 2. The van der Waals surface area contributed by atoms with Gasteiger partial charge in [0.2, 0.25) is 11.8 Å². The van der Waals surface area contributed by atoms with Crippen molar-refractivity contribution in [2.24, 2.45) is 17.8 Å². The molecule has 1 saturated carbocycles. The van der Waals surface area contributed by atoms with Crippen LogP contribution in [0, 0.1) is 17.8 Å². The fourth-order valence-electron chi connectivity index (χ4n) is 6.69. The van der Waals surface area contributed by atoms with Gasteiger partial charge in [0, 0.05) is 30.1 Å². The monoisotopic (exact) mass is 534 g/mol. The predicted molar refractivity (Wildman–Crippen MR) is 132 cm³/mol. The first-order valence-corrected chi connectivity index (χ1v) is 12.6. The van der Waals surface area contributed by atoms with Crippen LogP contribution in [0.3, 0.4) is 0 Å². The minimum Gasteiger partial charge on any atom is -0.508 e. The number of carbonyl (C=O) groups excluding carboxylic acids is 4. The molecule has 1 N–H and O–H groups in total. The van der Waals surface area contributed by atoms with E-state index in [1.165, 1.54) is 31.2 Å². The van der Waals surface area contributed by atoms with E-state index < -0.39 is 50.8 Å². The van der Waals surface area contributed by atoms with Gasteiger partial charge in [-0.05, 0) is 45.6 Å². The average Bonchev–Trinajstić information content (AvgIpc) is 3.14. The number of fused-ring (bicyclic) bond motifs is 4. The molecule has 2 heterocycles. The van der Waals surface area contributed by atoms with Crippen molar-refractivity contribution in [3.05, 3.63) is 35.4 Å². The number of carbonyl (C=O) groups is 4. The molecule has 0 radical (unpaired) electrons. The maximum atomic E-state index is 13.7. The molecule has 0 bridgehead atoms. The fourth-order valence-corrected chi connectivity index (χ4v) is 7.70. The lowest BCUT2D eigenvalue weighted by atomic mass is 9.56. The quantitative estimate of drug-likeness (QED) is 0.355. The predicted octanol–water partition coefficient (Wildman–Crippen LogP) is 3.19. The van der Waals surface area contributed by atoms with E-state index in [0.29, 0.717) is 17.6 Å². The third-order valence-electron chi connectivity index (χ3n) is 8.21. The van der Waals surface area contributed by atoms with E-state index in [4.69, 9.17) is 27.9 Å². The summed E-state index contributed by atoms with van der Waals surface area (Å²) in [4.78, 5) is 52.6. The first kappa shape index (κ1) is 25.1. The highest BCUT2D eigenvalue weighted by atomic mass is 35.5. The number of halogens is 2. The van der Waals surface area contributed by atoms with Crippen LogP contribution in [0.4, 0.5) is 0 Å². The van der Waals surface area contributed by atoms with Gasteiger partial charge in [0.15, 0.2) is 9.75 Å². The van der Waals surface area contributed by atoms with Gasteiger partial charge in [-0.2, -0.15) is 0 Å². The van der Waals surface area contributed by atoms with Crippen LogP contribution in [0.15, 0.2) is 29.8 Å². The Labute approximate surface area is 219 Å². The maximum absolute atomic E-state index is 13.7. The Kier molecular flexibility index (Phi) is 5.37. The van der Waals surface area contributed by atoms with Crippen molar-refractivity contribution >= 4 is 46.8 Å². The molecule has 4 amide bonds. The summed E-state index contributed by atoms with van der Waals surface area (Å²) in [5.41, 5.74) is 0.430. The van der Waals surface area contributed by atoms with Gasteiger partial charge in [0.25, 0.3) is 11.8 Å². The molecule has 1 aromatic rings. The number of phenolic OH excluding ortho intramolecular Hbond substituents is 1. The molecule has 2 saturated heterocycles. The summed E-state index contributed by atoms with van der Waals surface area (Å²) in [5, 5.41) is 10.1. The lowest BCUT2D eigenvalue weighted by molar-refractivity contribution is -0.146. The Balaban J connectivity index is 1.75. The lowest BCUT2D eigenvalue weighted by Crippen LogP contribution is -2.60. The number of phenols is 1. The van der Waals surface area contributed by atoms with Crippen molar-refractivity contribution in [1.82, 2.24) is 9.80 Å². The lowest BCUT2D eigenvalue weighted by Gasteiger charge is -2.51. The van der Waals surface area contributed by atoms with E-state index in [2.05, 4.69) is 0 Å². The largest absolute Gasteiger partial charge is 0.508 e. The van der Waals surface area contributed by atoms with Gasteiger partial charge >= 0.3 is 0 Å². The number of allylic oxidation sites excluding steroid dienone is 2. The van der Waals surface area contributed by atoms with Crippen LogP contribution in [-0.2, 0) is 19.2 Å². The van der Waals surface area contributed by atoms with E-state index in [-0.39, 0.29) is 29.7 Å². The zero-order valence-corrected chi connectivity index (χ0v) is 22.2. The molecule has 8 nitrogen and oxygen atoms in total. The molecule has 5 rings (SSSR count). The fraction of sp³-hybridized carbons (Fsp3) is 0.538. The number of alkyl halides is 2. The summed E-state index contributed by atoms with van der Waals surface area (Å²) in [6, 6.07) is 4.44. The minimum atomic E-state index is -1.89. The van der Waals surface area contributed by atoms with Crippen LogP contribution < -0.4 is 4.74 Å². The van der Waals surface area contributed by atoms with Gasteiger partial charge in [0.1, 0.15) is 11.5 Å². The number of benzene rings is 1. The van der Waals surface area contributed by atoms with E-state index in [0.717, 1.165) is 4.90 Å². The molecular weight excluding hydrogens is 507 g/mol. The number of likely N-dealkylation sites (tertiary alicyclic amines) is 2. The summed E-state index contributed by atoms with van der Waals surface area (Å²) in [6.07, 6.45) is 2.11. The van der Waals surface area contributed by atoms with E-state index in [9.17, 15) is 24.3 Å².